The molecule has 26 heavy (non-hydrogen) atoms. The molecule has 140 valence electrons. The summed E-state index contributed by atoms with van der Waals surface area (Å²) >= 11 is 5.94. The van der Waals surface area contributed by atoms with Crippen LogP contribution < -0.4 is 9.64 Å². The first-order chi connectivity index (χ1) is 12.5. The van der Waals surface area contributed by atoms with Crippen LogP contribution >= 0.6 is 11.6 Å². The van der Waals surface area contributed by atoms with Gasteiger partial charge >= 0.3 is 0 Å². The third-order valence-electron chi connectivity index (χ3n) is 4.60. The molecule has 0 aromatic heterocycles. The zero-order valence-corrected chi connectivity index (χ0v) is 15.6. The Hall–Kier alpha value is -1.82. The van der Waals surface area contributed by atoms with Crippen molar-refractivity contribution in [1.82, 2.24) is 4.90 Å². The molecule has 2 aromatic rings. The molecular formula is C20H24ClFN2O2. The molecule has 0 saturated carbocycles. The summed E-state index contributed by atoms with van der Waals surface area (Å²) in [7, 11) is 0. The van der Waals surface area contributed by atoms with Crippen LogP contribution in [0.3, 0.4) is 0 Å². The van der Waals surface area contributed by atoms with Crippen LogP contribution in [0, 0.1) is 12.7 Å². The first kappa shape index (κ1) is 19.0. The van der Waals surface area contributed by atoms with Crippen LogP contribution in [0.1, 0.15) is 5.56 Å². The van der Waals surface area contributed by atoms with E-state index in [1.54, 1.807) is 6.07 Å². The highest BCUT2D eigenvalue weighted by Gasteiger charge is 2.20. The van der Waals surface area contributed by atoms with Gasteiger partial charge in [0.05, 0.1) is 0 Å². The van der Waals surface area contributed by atoms with E-state index in [1.807, 2.05) is 31.2 Å². The van der Waals surface area contributed by atoms with Crippen LogP contribution in [-0.4, -0.2) is 55.4 Å². The summed E-state index contributed by atoms with van der Waals surface area (Å²) in [4.78, 5) is 4.46. The Bertz CT molecular complexity index is 718. The number of rotatable bonds is 6. The number of aryl methyl sites for hydroxylation is 1. The minimum atomic E-state index is -0.553. The quantitative estimate of drug-likeness (QED) is 0.836. The van der Waals surface area contributed by atoms with E-state index in [-0.39, 0.29) is 12.4 Å². The second-order valence-corrected chi connectivity index (χ2v) is 7.08. The van der Waals surface area contributed by atoms with Crippen molar-refractivity contribution in [3.63, 3.8) is 0 Å². The highest BCUT2D eigenvalue weighted by Crippen LogP contribution is 2.22. The average Bonchev–Trinajstić information content (AvgIpc) is 2.62. The highest BCUT2D eigenvalue weighted by molar-refractivity contribution is 6.30. The van der Waals surface area contributed by atoms with E-state index in [4.69, 9.17) is 16.3 Å². The van der Waals surface area contributed by atoms with E-state index in [9.17, 15) is 9.50 Å². The number of hydrogen-bond acceptors (Lipinski definition) is 4. The molecule has 0 bridgehead atoms. The number of hydrogen-bond donors (Lipinski definition) is 1. The van der Waals surface area contributed by atoms with Gasteiger partial charge in [0.2, 0.25) is 0 Å². The van der Waals surface area contributed by atoms with Gasteiger partial charge in [0.1, 0.15) is 24.3 Å². The molecule has 1 fully saturated rings. The molecule has 0 amide bonds. The molecule has 1 aliphatic heterocycles. The van der Waals surface area contributed by atoms with Gasteiger partial charge in [-0.25, -0.2) is 4.39 Å². The van der Waals surface area contributed by atoms with Gasteiger partial charge in [0.15, 0.2) is 0 Å². The number of nitrogens with zero attached hydrogens (tertiary/aromatic N) is 2. The fraction of sp³-hybridized carbons (Fsp3) is 0.400. The van der Waals surface area contributed by atoms with Gasteiger partial charge in [-0.15, -0.1) is 0 Å². The Morgan fingerprint density at radius 1 is 1.12 bits per heavy atom. The Morgan fingerprint density at radius 2 is 1.81 bits per heavy atom. The monoisotopic (exact) mass is 378 g/mol. The third kappa shape index (κ3) is 5.10. The maximum atomic E-state index is 13.0. The van der Waals surface area contributed by atoms with E-state index in [0.717, 1.165) is 43.2 Å². The number of anilines is 1. The SMILES string of the molecule is Cc1cc(Cl)ccc1OC[C@H](O)CN1CCN(c2ccc(F)cc2)CC1. The first-order valence-electron chi connectivity index (χ1n) is 8.81. The van der Waals surface area contributed by atoms with Crippen molar-refractivity contribution in [3.8, 4) is 5.75 Å². The fourth-order valence-corrected chi connectivity index (χ4v) is 3.38. The lowest BCUT2D eigenvalue weighted by molar-refractivity contribution is 0.0661. The zero-order valence-electron chi connectivity index (χ0n) is 14.9. The summed E-state index contributed by atoms with van der Waals surface area (Å²) < 4.78 is 18.7. The minimum Gasteiger partial charge on any atom is -0.491 e. The fourth-order valence-electron chi connectivity index (χ4n) is 3.15. The standard InChI is InChI=1S/C20H24ClFN2O2/c1-15-12-16(21)2-7-20(15)26-14-19(25)13-23-8-10-24(11-9-23)18-5-3-17(22)4-6-18/h2-7,12,19,25H,8-11,13-14H2,1H3/t19-/m1/s1. The number of benzene rings is 2. The number of piperazine rings is 1. The molecule has 1 aliphatic rings. The summed E-state index contributed by atoms with van der Waals surface area (Å²) in [6.07, 6.45) is -0.553. The lowest BCUT2D eigenvalue weighted by Gasteiger charge is -2.36. The molecule has 0 spiro atoms. The normalized spacial score (nSPS) is 16.5. The van der Waals surface area contributed by atoms with Crippen LogP contribution in [0.15, 0.2) is 42.5 Å². The lowest BCUT2D eigenvalue weighted by atomic mass is 10.2. The van der Waals surface area contributed by atoms with E-state index >= 15 is 0 Å². The van der Waals surface area contributed by atoms with Crippen LogP contribution in [0.4, 0.5) is 10.1 Å². The van der Waals surface area contributed by atoms with Crippen molar-refractivity contribution in [3.05, 3.63) is 58.9 Å². The number of halogens is 2. The van der Waals surface area contributed by atoms with Crippen molar-refractivity contribution in [1.29, 1.82) is 0 Å². The van der Waals surface area contributed by atoms with E-state index in [1.165, 1.54) is 12.1 Å². The highest BCUT2D eigenvalue weighted by atomic mass is 35.5. The molecule has 0 radical (unpaired) electrons. The molecule has 0 aliphatic carbocycles. The largest absolute Gasteiger partial charge is 0.491 e. The Morgan fingerprint density at radius 3 is 2.46 bits per heavy atom. The molecule has 1 N–H and O–H groups in total. The Balaban J connectivity index is 1.43. The van der Waals surface area contributed by atoms with Crippen molar-refractivity contribution in [2.24, 2.45) is 0 Å². The molecule has 6 heteroatoms. The molecule has 0 unspecified atom stereocenters. The van der Waals surface area contributed by atoms with Gasteiger partial charge in [-0.3, -0.25) is 4.90 Å². The van der Waals surface area contributed by atoms with Crippen molar-refractivity contribution in [2.45, 2.75) is 13.0 Å². The number of aliphatic hydroxyl groups excluding tert-OH is 1. The predicted octanol–water partition coefficient (Wildman–Crippen LogP) is 3.35. The van der Waals surface area contributed by atoms with Crippen LogP contribution in [0.25, 0.3) is 0 Å². The zero-order chi connectivity index (χ0) is 18.5. The van der Waals surface area contributed by atoms with Crippen molar-refractivity contribution in [2.75, 3.05) is 44.2 Å². The van der Waals surface area contributed by atoms with Gasteiger partial charge in [0.25, 0.3) is 0 Å². The number of β-amino-alcohol motifs (C(OH)–C–C–N with tert-alkyl or cyclic N) is 1. The van der Waals surface area contributed by atoms with Crippen LogP contribution in [0.5, 0.6) is 5.75 Å². The van der Waals surface area contributed by atoms with Gasteiger partial charge in [0, 0.05) is 43.4 Å². The maximum absolute atomic E-state index is 13.0. The Labute approximate surface area is 158 Å². The maximum Gasteiger partial charge on any atom is 0.123 e. The number of aliphatic hydroxyl groups is 1. The van der Waals surface area contributed by atoms with Gasteiger partial charge in [-0.2, -0.15) is 0 Å². The topological polar surface area (TPSA) is 35.9 Å². The van der Waals surface area contributed by atoms with Crippen molar-refractivity contribution >= 4 is 17.3 Å². The van der Waals surface area contributed by atoms with Gasteiger partial charge < -0.3 is 14.7 Å². The molecule has 1 atom stereocenters. The molecular weight excluding hydrogens is 355 g/mol. The molecule has 2 aromatic carbocycles. The number of ether oxygens (including phenoxy) is 1. The van der Waals surface area contributed by atoms with Crippen LogP contribution in [0.2, 0.25) is 5.02 Å². The Kier molecular flexibility index (Phi) is 6.35. The third-order valence-corrected chi connectivity index (χ3v) is 4.84. The summed E-state index contributed by atoms with van der Waals surface area (Å²) in [5, 5.41) is 10.9. The average molecular weight is 379 g/mol. The molecule has 1 saturated heterocycles. The minimum absolute atomic E-state index is 0.216. The van der Waals surface area contributed by atoms with E-state index in [2.05, 4.69) is 9.80 Å². The second kappa shape index (κ2) is 8.71. The van der Waals surface area contributed by atoms with E-state index < -0.39 is 6.10 Å². The van der Waals surface area contributed by atoms with E-state index in [0.29, 0.717) is 11.6 Å². The lowest BCUT2D eigenvalue weighted by Crippen LogP contribution is -2.49. The summed E-state index contributed by atoms with van der Waals surface area (Å²) in [5.41, 5.74) is 1.99. The summed E-state index contributed by atoms with van der Waals surface area (Å²) in [6, 6.07) is 12.0. The summed E-state index contributed by atoms with van der Waals surface area (Å²) in [6.45, 7) is 6.18. The first-order valence-corrected chi connectivity index (χ1v) is 9.19. The van der Waals surface area contributed by atoms with Crippen molar-refractivity contribution < 1.29 is 14.2 Å². The second-order valence-electron chi connectivity index (χ2n) is 6.64. The smallest absolute Gasteiger partial charge is 0.123 e. The van der Waals surface area contributed by atoms with Gasteiger partial charge in [-0.1, -0.05) is 11.6 Å². The van der Waals surface area contributed by atoms with Gasteiger partial charge in [-0.05, 0) is 55.0 Å². The summed E-state index contributed by atoms with van der Waals surface area (Å²) in [5.74, 6) is 0.529. The molecule has 3 rings (SSSR count). The van der Waals surface area contributed by atoms with Crippen LogP contribution in [-0.2, 0) is 0 Å². The predicted molar refractivity (Wildman–Crippen MR) is 103 cm³/mol. The molecule has 1 heterocycles. The molecule has 4 nitrogen and oxygen atoms in total.